The minimum Gasteiger partial charge on any atom is -0.339 e. The summed E-state index contributed by atoms with van der Waals surface area (Å²) in [4.78, 5) is 6.91. The molecule has 0 saturated carbocycles. The SMILES string of the molecule is CCN(CC)CCc1noc(C2CNCC2C)n1. The molecule has 1 aliphatic rings. The molecule has 0 aliphatic carbocycles. The van der Waals surface area contributed by atoms with Crippen molar-refractivity contribution in [3.63, 3.8) is 0 Å². The molecule has 0 bridgehead atoms. The summed E-state index contributed by atoms with van der Waals surface area (Å²) in [5.41, 5.74) is 0. The fraction of sp³-hybridized carbons (Fsp3) is 0.846. The average molecular weight is 252 g/mol. The van der Waals surface area contributed by atoms with Crippen LogP contribution in [0, 0.1) is 5.92 Å². The van der Waals surface area contributed by atoms with E-state index in [0.717, 1.165) is 50.9 Å². The van der Waals surface area contributed by atoms with Crippen LogP contribution in [-0.2, 0) is 6.42 Å². The van der Waals surface area contributed by atoms with Crippen molar-refractivity contribution < 1.29 is 4.52 Å². The molecule has 0 amide bonds. The van der Waals surface area contributed by atoms with Gasteiger partial charge in [0.15, 0.2) is 5.82 Å². The third kappa shape index (κ3) is 3.09. The molecule has 2 unspecified atom stereocenters. The zero-order chi connectivity index (χ0) is 13.0. The van der Waals surface area contributed by atoms with Crippen molar-refractivity contribution >= 4 is 0 Å². The molecule has 2 atom stereocenters. The molecule has 1 aromatic heterocycles. The Morgan fingerprint density at radius 1 is 1.33 bits per heavy atom. The maximum atomic E-state index is 5.40. The van der Waals surface area contributed by atoms with Gasteiger partial charge in [-0.3, -0.25) is 0 Å². The number of aromatic nitrogens is 2. The molecule has 5 nitrogen and oxygen atoms in total. The van der Waals surface area contributed by atoms with Gasteiger partial charge >= 0.3 is 0 Å². The monoisotopic (exact) mass is 252 g/mol. The zero-order valence-electron chi connectivity index (χ0n) is 11.6. The van der Waals surface area contributed by atoms with E-state index in [1.54, 1.807) is 0 Å². The van der Waals surface area contributed by atoms with Crippen LogP contribution < -0.4 is 5.32 Å². The summed E-state index contributed by atoms with van der Waals surface area (Å²) < 4.78 is 5.40. The minimum atomic E-state index is 0.389. The van der Waals surface area contributed by atoms with Gasteiger partial charge in [0.1, 0.15) is 0 Å². The van der Waals surface area contributed by atoms with E-state index in [4.69, 9.17) is 4.52 Å². The van der Waals surface area contributed by atoms with Gasteiger partial charge in [-0.1, -0.05) is 25.9 Å². The summed E-state index contributed by atoms with van der Waals surface area (Å²) in [5.74, 6) is 2.62. The van der Waals surface area contributed by atoms with Crippen molar-refractivity contribution in [1.29, 1.82) is 0 Å². The van der Waals surface area contributed by atoms with Crippen LogP contribution in [0.15, 0.2) is 4.52 Å². The molecule has 5 heteroatoms. The Hall–Kier alpha value is -0.940. The molecule has 0 spiro atoms. The third-order valence-electron chi connectivity index (χ3n) is 3.86. The summed E-state index contributed by atoms with van der Waals surface area (Å²) in [6, 6.07) is 0. The maximum absolute atomic E-state index is 5.40. The topological polar surface area (TPSA) is 54.2 Å². The summed E-state index contributed by atoms with van der Waals surface area (Å²) in [6.07, 6.45) is 0.875. The minimum absolute atomic E-state index is 0.389. The number of likely N-dealkylation sites (N-methyl/N-ethyl adjacent to an activating group) is 1. The quantitative estimate of drug-likeness (QED) is 0.826. The van der Waals surface area contributed by atoms with Crippen LogP contribution in [0.1, 0.15) is 38.4 Å². The highest BCUT2D eigenvalue weighted by Gasteiger charge is 2.29. The Morgan fingerprint density at radius 3 is 2.72 bits per heavy atom. The largest absolute Gasteiger partial charge is 0.339 e. The molecule has 2 rings (SSSR count). The highest BCUT2D eigenvalue weighted by atomic mass is 16.5. The molecule has 18 heavy (non-hydrogen) atoms. The van der Waals surface area contributed by atoms with E-state index in [9.17, 15) is 0 Å². The van der Waals surface area contributed by atoms with Gasteiger partial charge < -0.3 is 14.7 Å². The first-order chi connectivity index (χ1) is 8.74. The van der Waals surface area contributed by atoms with Crippen molar-refractivity contribution in [1.82, 2.24) is 20.4 Å². The number of nitrogens with zero attached hydrogens (tertiary/aromatic N) is 3. The predicted molar refractivity (Wildman–Crippen MR) is 70.6 cm³/mol. The number of rotatable bonds is 6. The molecule has 1 N–H and O–H groups in total. The van der Waals surface area contributed by atoms with Gasteiger partial charge in [0.25, 0.3) is 0 Å². The lowest BCUT2D eigenvalue weighted by atomic mass is 9.98. The van der Waals surface area contributed by atoms with E-state index >= 15 is 0 Å². The molecule has 1 aliphatic heterocycles. The van der Waals surface area contributed by atoms with E-state index in [2.05, 4.69) is 41.1 Å². The first kappa shape index (κ1) is 13.5. The number of hydrogen-bond donors (Lipinski definition) is 1. The predicted octanol–water partition coefficient (Wildman–Crippen LogP) is 1.28. The van der Waals surface area contributed by atoms with Gasteiger partial charge in [-0.2, -0.15) is 4.98 Å². The second-order valence-electron chi connectivity index (χ2n) is 5.07. The Kier molecular flexibility index (Phi) is 4.72. The van der Waals surface area contributed by atoms with Gasteiger partial charge in [0.05, 0.1) is 5.92 Å². The van der Waals surface area contributed by atoms with E-state index in [1.165, 1.54) is 0 Å². The van der Waals surface area contributed by atoms with Gasteiger partial charge in [-0.25, -0.2) is 0 Å². The van der Waals surface area contributed by atoms with Gasteiger partial charge in [0, 0.05) is 19.5 Å². The lowest BCUT2D eigenvalue weighted by molar-refractivity contribution is 0.301. The number of hydrogen-bond acceptors (Lipinski definition) is 5. The Balaban J connectivity index is 1.90. The average Bonchev–Trinajstić information content (AvgIpc) is 2.99. The van der Waals surface area contributed by atoms with Gasteiger partial charge in [-0.15, -0.1) is 0 Å². The summed E-state index contributed by atoms with van der Waals surface area (Å²) in [6.45, 7) is 11.7. The second-order valence-corrected chi connectivity index (χ2v) is 5.07. The molecule has 1 fully saturated rings. The van der Waals surface area contributed by atoms with E-state index in [0.29, 0.717) is 11.8 Å². The highest BCUT2D eigenvalue weighted by molar-refractivity contribution is 5.01. The van der Waals surface area contributed by atoms with Crippen molar-refractivity contribution in [3.05, 3.63) is 11.7 Å². The molecule has 2 heterocycles. The molecule has 0 aromatic carbocycles. The Labute approximate surface area is 109 Å². The molecular formula is C13H24N4O. The van der Waals surface area contributed by atoms with Gasteiger partial charge in [-0.05, 0) is 25.6 Å². The second kappa shape index (κ2) is 6.29. The van der Waals surface area contributed by atoms with Crippen molar-refractivity contribution in [2.75, 3.05) is 32.7 Å². The van der Waals surface area contributed by atoms with Crippen LogP contribution in [0.5, 0.6) is 0 Å². The molecule has 1 aromatic rings. The van der Waals surface area contributed by atoms with E-state index in [-0.39, 0.29) is 0 Å². The van der Waals surface area contributed by atoms with Crippen LogP contribution in [0.25, 0.3) is 0 Å². The standard InChI is InChI=1S/C13H24N4O/c1-4-17(5-2)7-6-12-15-13(18-16-12)11-9-14-8-10(11)3/h10-11,14H,4-9H2,1-3H3. The van der Waals surface area contributed by atoms with Crippen molar-refractivity contribution in [3.8, 4) is 0 Å². The molecule has 102 valence electrons. The first-order valence-electron chi connectivity index (χ1n) is 7.00. The zero-order valence-corrected chi connectivity index (χ0v) is 11.6. The highest BCUT2D eigenvalue weighted by Crippen LogP contribution is 2.26. The summed E-state index contributed by atoms with van der Waals surface area (Å²) >= 11 is 0. The smallest absolute Gasteiger partial charge is 0.231 e. The fourth-order valence-electron chi connectivity index (χ4n) is 2.46. The Morgan fingerprint density at radius 2 is 2.11 bits per heavy atom. The van der Waals surface area contributed by atoms with Crippen LogP contribution in [-0.4, -0.2) is 47.8 Å². The molecule has 1 saturated heterocycles. The van der Waals surface area contributed by atoms with Crippen molar-refractivity contribution in [2.24, 2.45) is 5.92 Å². The third-order valence-corrected chi connectivity index (χ3v) is 3.86. The van der Waals surface area contributed by atoms with Gasteiger partial charge in [0.2, 0.25) is 5.89 Å². The van der Waals surface area contributed by atoms with Crippen LogP contribution >= 0.6 is 0 Å². The lowest BCUT2D eigenvalue weighted by Gasteiger charge is -2.16. The lowest BCUT2D eigenvalue weighted by Crippen LogP contribution is -2.25. The normalized spacial score (nSPS) is 24.0. The Bertz CT molecular complexity index is 362. The van der Waals surface area contributed by atoms with E-state index < -0.39 is 0 Å². The number of nitrogens with one attached hydrogen (secondary N) is 1. The molecular weight excluding hydrogens is 228 g/mol. The van der Waals surface area contributed by atoms with Crippen molar-refractivity contribution in [2.45, 2.75) is 33.1 Å². The van der Waals surface area contributed by atoms with Crippen LogP contribution in [0.2, 0.25) is 0 Å². The first-order valence-corrected chi connectivity index (χ1v) is 7.00. The summed E-state index contributed by atoms with van der Waals surface area (Å²) in [7, 11) is 0. The van der Waals surface area contributed by atoms with Crippen LogP contribution in [0.3, 0.4) is 0 Å². The fourth-order valence-corrected chi connectivity index (χ4v) is 2.46. The maximum Gasteiger partial charge on any atom is 0.231 e. The van der Waals surface area contributed by atoms with E-state index in [1.807, 2.05) is 0 Å². The molecule has 0 radical (unpaired) electrons. The van der Waals surface area contributed by atoms with Crippen LogP contribution in [0.4, 0.5) is 0 Å². The summed E-state index contributed by atoms with van der Waals surface area (Å²) in [5, 5.41) is 7.46.